The third-order valence-corrected chi connectivity index (χ3v) is 2.77. The topological polar surface area (TPSA) is 17.1 Å². The summed E-state index contributed by atoms with van der Waals surface area (Å²) in [4.78, 5) is 10.9. The summed E-state index contributed by atoms with van der Waals surface area (Å²) >= 11 is 0. The minimum atomic E-state index is 0.839. The van der Waals surface area contributed by atoms with E-state index in [1.54, 1.807) is 0 Å². The van der Waals surface area contributed by atoms with Crippen molar-refractivity contribution < 1.29 is 4.79 Å². The van der Waals surface area contributed by atoms with Gasteiger partial charge in [-0.05, 0) is 36.1 Å². The van der Waals surface area contributed by atoms with Crippen LogP contribution in [0.5, 0.6) is 0 Å². The highest BCUT2D eigenvalue weighted by Gasteiger charge is 2.15. The fourth-order valence-corrected chi connectivity index (χ4v) is 1.95. The Morgan fingerprint density at radius 2 is 1.43 bits per heavy atom. The van der Waals surface area contributed by atoms with Crippen LogP contribution in [0.2, 0.25) is 0 Å². The smallest absolute Gasteiger partial charge is 0.150 e. The van der Waals surface area contributed by atoms with Crippen LogP contribution in [0.1, 0.15) is 21.5 Å². The number of hydrogen-bond donors (Lipinski definition) is 0. The van der Waals surface area contributed by atoms with Crippen molar-refractivity contribution in [1.82, 2.24) is 0 Å². The molecule has 0 saturated heterocycles. The molecule has 0 spiro atoms. The monoisotopic (exact) mass is 184 g/mol. The molecule has 2 rings (SSSR count). The van der Waals surface area contributed by atoms with E-state index in [2.05, 4.69) is 12.1 Å². The first-order valence-corrected chi connectivity index (χ1v) is 4.69. The van der Waals surface area contributed by atoms with Gasteiger partial charge in [-0.1, -0.05) is 30.3 Å². The van der Waals surface area contributed by atoms with Crippen molar-refractivity contribution >= 4 is 6.29 Å². The lowest BCUT2D eigenvalue weighted by Gasteiger charge is -1.93. The van der Waals surface area contributed by atoms with Crippen LogP contribution in [-0.2, 0) is 0 Å². The van der Waals surface area contributed by atoms with Crippen molar-refractivity contribution in [2.24, 2.45) is 0 Å². The van der Waals surface area contributed by atoms with E-state index in [0.29, 0.717) is 0 Å². The highest BCUT2D eigenvalue weighted by atomic mass is 16.1. The number of fused-ring (bicyclic) bond motifs is 1. The highest BCUT2D eigenvalue weighted by Crippen LogP contribution is 2.33. The summed E-state index contributed by atoms with van der Waals surface area (Å²) in [5.41, 5.74) is 5.36. The molecule has 70 valence electrons. The van der Waals surface area contributed by atoms with Gasteiger partial charge in [-0.3, -0.25) is 4.79 Å². The Kier molecular flexibility index (Phi) is 2.08. The average molecular weight is 184 g/mol. The van der Waals surface area contributed by atoms with Crippen LogP contribution in [0.25, 0.3) is 11.1 Å². The molecular weight excluding hydrogens is 172 g/mol. The van der Waals surface area contributed by atoms with Gasteiger partial charge < -0.3 is 0 Å². The van der Waals surface area contributed by atoms with E-state index in [-0.39, 0.29) is 0 Å². The Labute approximate surface area is 83.7 Å². The van der Waals surface area contributed by atoms with E-state index in [9.17, 15) is 4.79 Å². The van der Waals surface area contributed by atoms with E-state index in [1.807, 2.05) is 32.0 Å². The number of aldehydes is 1. The number of hydrogen-bond acceptors (Lipinski definition) is 1. The third-order valence-electron chi connectivity index (χ3n) is 2.77. The van der Waals surface area contributed by atoms with E-state index < -0.39 is 0 Å². The van der Waals surface area contributed by atoms with Crippen LogP contribution in [0, 0.1) is 13.8 Å². The molecule has 0 radical (unpaired) electrons. The number of rotatable bonds is 1. The maximum absolute atomic E-state index is 10.9. The Hall–Kier alpha value is -1.63. The first-order chi connectivity index (χ1) is 6.75. The maximum Gasteiger partial charge on any atom is 0.150 e. The van der Waals surface area contributed by atoms with Crippen LogP contribution in [0.3, 0.4) is 0 Å². The summed E-state index contributed by atoms with van der Waals surface area (Å²) in [5.74, 6) is 0. The van der Waals surface area contributed by atoms with Gasteiger partial charge in [-0.2, -0.15) is 0 Å². The average Bonchev–Trinajstić information content (AvgIpc) is 2.39. The predicted octanol–water partition coefficient (Wildman–Crippen LogP) is 3.22. The fraction of sp³-hybridized carbons (Fsp3) is 0.154. The van der Waals surface area contributed by atoms with E-state index in [4.69, 9.17) is 0 Å². The van der Waals surface area contributed by atoms with Crippen LogP contribution < -0.4 is 0 Å². The molecule has 0 aromatic carbocycles. The molecule has 1 nitrogen and oxygen atoms in total. The van der Waals surface area contributed by atoms with Gasteiger partial charge in [0.2, 0.25) is 0 Å². The Morgan fingerprint density at radius 3 is 1.86 bits per heavy atom. The van der Waals surface area contributed by atoms with Crippen molar-refractivity contribution in [3.8, 4) is 11.1 Å². The molecular formula is C13H12O. The van der Waals surface area contributed by atoms with Crippen LogP contribution in [0.4, 0.5) is 0 Å². The molecule has 0 aromatic heterocycles. The van der Waals surface area contributed by atoms with Gasteiger partial charge >= 0.3 is 0 Å². The molecule has 0 N–H and O–H groups in total. The van der Waals surface area contributed by atoms with Crippen molar-refractivity contribution in [2.75, 3.05) is 0 Å². The summed E-state index contributed by atoms with van der Waals surface area (Å²) in [6.07, 6.45) is 0.949. The Morgan fingerprint density at radius 1 is 0.929 bits per heavy atom. The molecule has 0 bridgehead atoms. The Bertz CT molecular complexity index is 421. The highest BCUT2D eigenvalue weighted by molar-refractivity contribution is 5.91. The number of carbonyl (C=O) groups is 1. The molecule has 0 aliphatic heterocycles. The Balaban J connectivity index is 2.87. The van der Waals surface area contributed by atoms with Gasteiger partial charge in [0, 0.05) is 5.56 Å². The zero-order valence-corrected chi connectivity index (χ0v) is 8.37. The molecule has 14 heavy (non-hydrogen) atoms. The third kappa shape index (κ3) is 1.13. The van der Waals surface area contributed by atoms with E-state index >= 15 is 0 Å². The summed E-state index contributed by atoms with van der Waals surface area (Å²) in [6, 6.07) is 10.1. The maximum atomic E-state index is 10.9. The van der Waals surface area contributed by atoms with Gasteiger partial charge in [0.15, 0.2) is 6.29 Å². The largest absolute Gasteiger partial charge is 0.298 e. The van der Waals surface area contributed by atoms with Crippen LogP contribution in [-0.4, -0.2) is 6.29 Å². The van der Waals surface area contributed by atoms with Gasteiger partial charge in [-0.15, -0.1) is 0 Å². The van der Waals surface area contributed by atoms with Gasteiger partial charge in [0.05, 0.1) is 0 Å². The molecule has 2 aliphatic carbocycles. The van der Waals surface area contributed by atoms with Gasteiger partial charge in [0.25, 0.3) is 0 Å². The molecule has 0 saturated carbocycles. The lowest BCUT2D eigenvalue weighted by atomic mass is 10.1. The summed E-state index contributed by atoms with van der Waals surface area (Å²) < 4.78 is 0. The molecule has 0 heterocycles. The molecule has 0 atom stereocenters. The second kappa shape index (κ2) is 3.26. The van der Waals surface area contributed by atoms with Crippen LogP contribution in [0.15, 0.2) is 30.3 Å². The SMILES string of the molecule is Cc1c2cccccc-2c(C)c1C=O. The number of carbonyl (C=O) groups excluding carboxylic acids is 1. The molecule has 1 heteroatoms. The minimum absolute atomic E-state index is 0.839. The lowest BCUT2D eigenvalue weighted by molar-refractivity contribution is 0.112. The van der Waals surface area contributed by atoms with Gasteiger partial charge in [0.1, 0.15) is 0 Å². The quantitative estimate of drug-likeness (QED) is 0.622. The van der Waals surface area contributed by atoms with Gasteiger partial charge in [-0.25, -0.2) is 0 Å². The minimum Gasteiger partial charge on any atom is -0.298 e. The second-order valence-electron chi connectivity index (χ2n) is 3.52. The predicted molar refractivity (Wildman–Crippen MR) is 57.9 cm³/mol. The standard InChI is InChI=1S/C13H12O/c1-9-11-6-4-3-5-7-12(11)10(2)13(9)8-14/h3-8H,1-2H3. The summed E-state index contributed by atoms with van der Waals surface area (Å²) in [6.45, 7) is 4.00. The summed E-state index contributed by atoms with van der Waals surface area (Å²) in [5, 5.41) is 0. The zero-order valence-electron chi connectivity index (χ0n) is 8.37. The first-order valence-electron chi connectivity index (χ1n) is 4.69. The molecule has 0 fully saturated rings. The van der Waals surface area contributed by atoms with Crippen molar-refractivity contribution in [2.45, 2.75) is 13.8 Å². The van der Waals surface area contributed by atoms with Crippen molar-refractivity contribution in [3.05, 3.63) is 47.0 Å². The molecule has 0 unspecified atom stereocenters. The first kappa shape index (κ1) is 8.95. The zero-order chi connectivity index (χ0) is 10.1. The fourth-order valence-electron chi connectivity index (χ4n) is 1.95. The summed E-state index contributed by atoms with van der Waals surface area (Å²) in [7, 11) is 0. The van der Waals surface area contributed by atoms with E-state index in [1.165, 1.54) is 11.1 Å². The second-order valence-corrected chi connectivity index (χ2v) is 3.52. The molecule has 0 amide bonds. The lowest BCUT2D eigenvalue weighted by Crippen LogP contribution is -1.80. The van der Waals surface area contributed by atoms with Crippen molar-refractivity contribution in [3.63, 3.8) is 0 Å². The molecule has 0 aromatic rings. The van der Waals surface area contributed by atoms with Crippen molar-refractivity contribution in [1.29, 1.82) is 0 Å². The van der Waals surface area contributed by atoms with E-state index in [0.717, 1.165) is 23.0 Å². The molecule has 2 aliphatic rings. The van der Waals surface area contributed by atoms with Crippen LogP contribution >= 0.6 is 0 Å². The normalized spacial score (nSPS) is 10.4.